The number of pyridine rings is 1. The Morgan fingerprint density at radius 1 is 0.638 bits per heavy atom. The van der Waals surface area contributed by atoms with Crippen molar-refractivity contribution in [3.63, 3.8) is 0 Å². The molecule has 0 bridgehead atoms. The number of para-hydroxylation sites is 4. The summed E-state index contributed by atoms with van der Waals surface area (Å²) in [5, 5.41) is 3.47. The van der Waals surface area contributed by atoms with Gasteiger partial charge in [0.1, 0.15) is 5.58 Å². The van der Waals surface area contributed by atoms with Crippen LogP contribution < -0.4 is 5.19 Å². The molecule has 0 aliphatic rings. The zero-order valence-electron chi connectivity index (χ0n) is 32.2. The van der Waals surface area contributed by atoms with Gasteiger partial charge in [-0.3, -0.25) is 9.37 Å². The summed E-state index contributed by atoms with van der Waals surface area (Å²) in [5.74, 6) is 0.527. The average Bonchev–Trinajstić information content (AvgIpc) is 3.83. The maximum absolute atomic E-state index is 12.8. The van der Waals surface area contributed by atoms with E-state index in [1.807, 2.05) is 42.6 Å². The Labute approximate surface area is 352 Å². The van der Waals surface area contributed by atoms with Gasteiger partial charge in [0.2, 0.25) is 0 Å². The molecule has 58 heavy (non-hydrogen) atoms. The Hall–Kier alpha value is -6.24. The van der Waals surface area contributed by atoms with Crippen LogP contribution in [0.3, 0.4) is 0 Å². The first-order valence-electron chi connectivity index (χ1n) is 19.0. The minimum absolute atomic E-state index is 0. The number of hydrogen-bond acceptors (Lipinski definition) is 3. The number of hydrogen-bond donors (Lipinski definition) is 0. The molecule has 0 unspecified atom stereocenters. The molecule has 1 radical (unpaired) electrons. The standard InChI is InChI=1S/C37H23N2O.C14H15FNSi.Ir/c1-3-13-25(14-4-1)27-18-11-19-28(26-15-5-2-6-16-26)35(27)39-33-23-9-8-22-32(33)38-37(39)31-21-12-20-30-29-17-7-10-24-34(29)40-36(30)31;1-17(2,3)13-8-9-14(16-10-13)11-4-6-12(15)7-5-11;/h1-20,22-24H;4,6-10H,1-3H3;/q2*-1;. The Balaban J connectivity index is 0.000000220. The zero-order valence-corrected chi connectivity index (χ0v) is 35.6. The minimum Gasteiger partial charge on any atom is -0.501 e. The molecule has 3 heterocycles. The van der Waals surface area contributed by atoms with Crippen molar-refractivity contribution in [3.05, 3.63) is 194 Å². The predicted octanol–water partition coefficient (Wildman–Crippen LogP) is 13.0. The third kappa shape index (κ3) is 7.48. The number of furan rings is 1. The summed E-state index contributed by atoms with van der Waals surface area (Å²) in [6.45, 7) is 6.86. The molecule has 7 aromatic carbocycles. The van der Waals surface area contributed by atoms with Gasteiger partial charge in [0.05, 0.1) is 36.2 Å². The van der Waals surface area contributed by atoms with E-state index in [2.05, 4.69) is 157 Å². The SMILES string of the molecule is C[Si](C)(C)c1ccc(-c2[c-]cc(F)cc2)nc1.[Ir].[c-]1ccc2c(oc3ccccc32)c1-c1nc2ccccc2n1-c1c(-c2ccccc2)cccc1-c1ccccc1. The van der Waals surface area contributed by atoms with Gasteiger partial charge in [0, 0.05) is 48.6 Å². The number of imidazole rings is 1. The smallest absolute Gasteiger partial charge is 0.120 e. The predicted molar refractivity (Wildman–Crippen MR) is 235 cm³/mol. The molecule has 0 atom stereocenters. The molecular weight excluding hydrogens is 910 g/mol. The largest absolute Gasteiger partial charge is 0.501 e. The number of halogens is 1. The fourth-order valence-corrected chi connectivity index (χ4v) is 8.36. The molecule has 0 aliphatic heterocycles. The van der Waals surface area contributed by atoms with Crippen molar-refractivity contribution in [1.29, 1.82) is 0 Å². The first-order chi connectivity index (χ1) is 27.8. The van der Waals surface area contributed by atoms with Crippen molar-refractivity contribution < 1.29 is 28.9 Å². The van der Waals surface area contributed by atoms with Crippen LogP contribution in [0.15, 0.2) is 180 Å². The van der Waals surface area contributed by atoms with Gasteiger partial charge in [-0.2, -0.15) is 0 Å². The fraction of sp³-hybridized carbons (Fsp3) is 0.0588. The molecule has 285 valence electrons. The monoisotopic (exact) mass is 948 g/mol. The molecule has 0 saturated carbocycles. The number of fused-ring (bicyclic) bond motifs is 4. The second kappa shape index (κ2) is 16.3. The van der Waals surface area contributed by atoms with Gasteiger partial charge >= 0.3 is 0 Å². The molecule has 0 amide bonds. The average molecular weight is 948 g/mol. The van der Waals surface area contributed by atoms with E-state index in [9.17, 15) is 4.39 Å². The van der Waals surface area contributed by atoms with Crippen LogP contribution >= 0.6 is 0 Å². The van der Waals surface area contributed by atoms with E-state index in [1.54, 1.807) is 6.07 Å². The van der Waals surface area contributed by atoms with Crippen LogP contribution in [0.2, 0.25) is 19.6 Å². The molecule has 4 nitrogen and oxygen atoms in total. The van der Waals surface area contributed by atoms with Crippen LogP contribution in [0, 0.1) is 17.9 Å². The summed E-state index contributed by atoms with van der Waals surface area (Å²) < 4.78 is 21.5. The number of aromatic nitrogens is 3. The molecule has 0 saturated heterocycles. The van der Waals surface area contributed by atoms with E-state index in [4.69, 9.17) is 9.40 Å². The topological polar surface area (TPSA) is 43.9 Å². The molecule has 0 fully saturated rings. The number of rotatable bonds is 6. The maximum atomic E-state index is 12.8. The quantitative estimate of drug-likeness (QED) is 0.123. The number of nitrogens with zero attached hydrogens (tertiary/aromatic N) is 3. The van der Waals surface area contributed by atoms with Gasteiger partial charge in [-0.05, 0) is 40.2 Å². The van der Waals surface area contributed by atoms with E-state index in [-0.39, 0.29) is 25.9 Å². The van der Waals surface area contributed by atoms with Crippen LogP contribution in [-0.4, -0.2) is 22.6 Å². The van der Waals surface area contributed by atoms with Crippen molar-refractivity contribution in [1.82, 2.24) is 14.5 Å². The van der Waals surface area contributed by atoms with Gasteiger partial charge in [-0.1, -0.05) is 152 Å². The first kappa shape index (κ1) is 38.6. The third-order valence-corrected chi connectivity index (χ3v) is 12.3. The molecule has 0 spiro atoms. The molecule has 0 N–H and O–H groups in total. The van der Waals surface area contributed by atoms with E-state index < -0.39 is 8.07 Å². The Morgan fingerprint density at radius 3 is 1.97 bits per heavy atom. The van der Waals surface area contributed by atoms with E-state index >= 15 is 0 Å². The van der Waals surface area contributed by atoms with E-state index in [0.717, 1.165) is 83.6 Å². The summed E-state index contributed by atoms with van der Waals surface area (Å²) in [4.78, 5) is 9.65. The zero-order chi connectivity index (χ0) is 38.9. The second-order valence-corrected chi connectivity index (χ2v) is 20.1. The maximum Gasteiger partial charge on any atom is 0.120 e. The van der Waals surface area contributed by atoms with Gasteiger partial charge in [0.15, 0.2) is 0 Å². The van der Waals surface area contributed by atoms with Crippen molar-refractivity contribution in [3.8, 4) is 50.6 Å². The summed E-state index contributed by atoms with van der Waals surface area (Å²) >= 11 is 0. The van der Waals surface area contributed by atoms with Crippen LogP contribution in [0.1, 0.15) is 0 Å². The Morgan fingerprint density at radius 2 is 1.31 bits per heavy atom. The summed E-state index contributed by atoms with van der Waals surface area (Å²) in [7, 11) is -1.30. The molecule has 0 aliphatic carbocycles. The van der Waals surface area contributed by atoms with Crippen LogP contribution in [0.4, 0.5) is 4.39 Å². The third-order valence-electron chi connectivity index (χ3n) is 10.2. The summed E-state index contributed by atoms with van der Waals surface area (Å²) in [5.41, 5.74) is 11.7. The molecular formula is C51H38FIrN3OSi-2. The molecule has 10 rings (SSSR count). The van der Waals surface area contributed by atoms with Crippen LogP contribution in [0.5, 0.6) is 0 Å². The van der Waals surface area contributed by atoms with Crippen molar-refractivity contribution in [2.75, 3.05) is 0 Å². The van der Waals surface area contributed by atoms with E-state index in [0.29, 0.717) is 0 Å². The Bertz CT molecular complexity index is 2930. The van der Waals surface area contributed by atoms with Crippen LogP contribution in [0.25, 0.3) is 83.6 Å². The van der Waals surface area contributed by atoms with Crippen LogP contribution in [-0.2, 0) is 20.1 Å². The Kier molecular flexibility index (Phi) is 10.9. The van der Waals surface area contributed by atoms with Crippen molar-refractivity contribution >= 4 is 46.2 Å². The van der Waals surface area contributed by atoms with Crippen molar-refractivity contribution in [2.24, 2.45) is 0 Å². The fourth-order valence-electron chi connectivity index (χ4n) is 7.32. The van der Waals surface area contributed by atoms with E-state index in [1.165, 1.54) is 17.3 Å². The summed E-state index contributed by atoms with van der Waals surface area (Å²) in [6, 6.07) is 63.1. The molecule has 10 aromatic rings. The number of benzene rings is 7. The molecule has 7 heteroatoms. The van der Waals surface area contributed by atoms with Gasteiger partial charge in [0.25, 0.3) is 0 Å². The van der Waals surface area contributed by atoms with Crippen molar-refractivity contribution in [2.45, 2.75) is 19.6 Å². The van der Waals surface area contributed by atoms with Gasteiger partial charge in [-0.25, -0.2) is 0 Å². The summed E-state index contributed by atoms with van der Waals surface area (Å²) in [6.07, 6.45) is 1.93. The molecule has 3 aromatic heterocycles. The normalized spacial score (nSPS) is 11.3. The van der Waals surface area contributed by atoms with Gasteiger partial charge < -0.3 is 14.0 Å². The van der Waals surface area contributed by atoms with Gasteiger partial charge in [-0.15, -0.1) is 48.0 Å². The minimum atomic E-state index is -1.30. The first-order valence-corrected chi connectivity index (χ1v) is 22.5. The second-order valence-electron chi connectivity index (χ2n) is 15.0.